The van der Waals surface area contributed by atoms with Gasteiger partial charge in [0.2, 0.25) is 0 Å². The van der Waals surface area contributed by atoms with Crippen molar-refractivity contribution in [1.82, 2.24) is 19.5 Å². The van der Waals surface area contributed by atoms with E-state index in [1.807, 2.05) is 47.7 Å². The molecule has 3 aromatic heterocycles. The fraction of sp³-hybridized carbons (Fsp3) is 0. The molecule has 48 heavy (non-hydrogen) atoms. The third-order valence-corrected chi connectivity index (χ3v) is 10.4. The number of fused-ring (bicyclic) bond motifs is 9. The van der Waals surface area contributed by atoms with Gasteiger partial charge >= 0.3 is 0 Å². The van der Waals surface area contributed by atoms with Crippen molar-refractivity contribution in [1.29, 1.82) is 0 Å². The van der Waals surface area contributed by atoms with Gasteiger partial charge in [0.15, 0.2) is 17.5 Å². The van der Waals surface area contributed by atoms with Crippen molar-refractivity contribution in [2.45, 2.75) is 0 Å². The van der Waals surface area contributed by atoms with E-state index in [2.05, 4.69) is 126 Å². The average molecular weight is 631 g/mol. The Hall–Kier alpha value is -6.17. The van der Waals surface area contributed by atoms with Crippen LogP contribution in [0.3, 0.4) is 0 Å². The van der Waals surface area contributed by atoms with Crippen molar-refractivity contribution >= 4 is 64.1 Å². The molecule has 224 valence electrons. The van der Waals surface area contributed by atoms with Crippen molar-refractivity contribution in [2.24, 2.45) is 0 Å². The SMILES string of the molecule is c1ccc(-c2nc(-c3ccccc3)nc(-c3cc4c(c5ccccc5n4-c4ccccc4)c4c3ccc3c5ccccc5sc34)n2)cc1. The van der Waals surface area contributed by atoms with Crippen LogP contribution in [0.2, 0.25) is 0 Å². The summed E-state index contributed by atoms with van der Waals surface area (Å²) >= 11 is 1.86. The Morgan fingerprint density at radius 3 is 1.69 bits per heavy atom. The summed E-state index contributed by atoms with van der Waals surface area (Å²) in [7, 11) is 0. The van der Waals surface area contributed by atoms with Gasteiger partial charge in [-0.2, -0.15) is 0 Å². The fourth-order valence-corrected chi connectivity index (χ4v) is 8.36. The summed E-state index contributed by atoms with van der Waals surface area (Å²) in [6, 6.07) is 55.3. The van der Waals surface area contributed by atoms with Gasteiger partial charge in [-0.05, 0) is 35.7 Å². The molecule has 0 atom stereocenters. The zero-order chi connectivity index (χ0) is 31.6. The van der Waals surface area contributed by atoms with E-state index in [0.717, 1.165) is 33.3 Å². The van der Waals surface area contributed by atoms with Crippen molar-refractivity contribution in [3.63, 3.8) is 0 Å². The van der Waals surface area contributed by atoms with E-state index < -0.39 is 0 Å². The van der Waals surface area contributed by atoms with Crippen LogP contribution in [-0.2, 0) is 0 Å². The zero-order valence-corrected chi connectivity index (χ0v) is 26.5. The minimum atomic E-state index is 0.652. The summed E-state index contributed by atoms with van der Waals surface area (Å²) < 4.78 is 4.94. The molecule has 3 heterocycles. The van der Waals surface area contributed by atoms with Crippen LogP contribution in [-0.4, -0.2) is 19.5 Å². The zero-order valence-electron chi connectivity index (χ0n) is 25.7. The molecule has 5 heteroatoms. The molecule has 0 aliphatic rings. The predicted molar refractivity (Wildman–Crippen MR) is 201 cm³/mol. The maximum atomic E-state index is 5.21. The molecule has 10 rings (SSSR count). The van der Waals surface area contributed by atoms with Crippen LogP contribution in [0.4, 0.5) is 0 Å². The van der Waals surface area contributed by atoms with E-state index in [-0.39, 0.29) is 0 Å². The number of nitrogens with zero attached hydrogens (tertiary/aromatic N) is 4. The molecule has 0 aliphatic carbocycles. The molecule has 0 spiro atoms. The molecular formula is C43H26N4S. The normalized spacial score (nSPS) is 11.8. The van der Waals surface area contributed by atoms with E-state index in [9.17, 15) is 0 Å². The van der Waals surface area contributed by atoms with Crippen LogP contribution >= 0.6 is 11.3 Å². The van der Waals surface area contributed by atoms with E-state index in [4.69, 9.17) is 15.0 Å². The summed E-state index contributed by atoms with van der Waals surface area (Å²) in [6.45, 7) is 0. The highest BCUT2D eigenvalue weighted by atomic mass is 32.1. The first-order valence-electron chi connectivity index (χ1n) is 16.0. The fourth-order valence-electron chi connectivity index (χ4n) is 7.10. The molecular weight excluding hydrogens is 605 g/mol. The summed E-state index contributed by atoms with van der Waals surface area (Å²) in [6.07, 6.45) is 0. The summed E-state index contributed by atoms with van der Waals surface area (Å²) in [5.41, 5.74) is 6.29. The van der Waals surface area contributed by atoms with Crippen molar-refractivity contribution in [3.8, 4) is 39.9 Å². The first kappa shape index (κ1) is 27.0. The van der Waals surface area contributed by atoms with Gasteiger partial charge in [-0.15, -0.1) is 11.3 Å². The van der Waals surface area contributed by atoms with Gasteiger partial charge in [0.1, 0.15) is 0 Å². The largest absolute Gasteiger partial charge is 0.309 e. The Morgan fingerprint density at radius 2 is 0.979 bits per heavy atom. The van der Waals surface area contributed by atoms with Gasteiger partial charge in [-0.25, -0.2) is 15.0 Å². The monoisotopic (exact) mass is 630 g/mol. The predicted octanol–water partition coefficient (Wildman–Crippen LogP) is 11.5. The van der Waals surface area contributed by atoms with Gasteiger partial charge in [0.05, 0.1) is 11.0 Å². The highest BCUT2D eigenvalue weighted by Crippen LogP contribution is 2.47. The molecule has 0 saturated heterocycles. The number of para-hydroxylation sites is 2. The minimum absolute atomic E-state index is 0.652. The lowest BCUT2D eigenvalue weighted by Gasteiger charge is -2.13. The highest BCUT2D eigenvalue weighted by molar-refractivity contribution is 7.26. The van der Waals surface area contributed by atoms with Gasteiger partial charge < -0.3 is 4.57 Å². The van der Waals surface area contributed by atoms with Gasteiger partial charge in [-0.1, -0.05) is 127 Å². The molecule has 0 bridgehead atoms. The Labute approximate surface area is 280 Å². The number of thiophene rings is 1. The van der Waals surface area contributed by atoms with Crippen molar-refractivity contribution in [3.05, 3.63) is 158 Å². The summed E-state index contributed by atoms with van der Waals surface area (Å²) in [4.78, 5) is 15.4. The van der Waals surface area contributed by atoms with E-state index >= 15 is 0 Å². The smallest absolute Gasteiger partial charge is 0.164 e. The molecule has 0 N–H and O–H groups in total. The lowest BCUT2D eigenvalue weighted by Crippen LogP contribution is -2.01. The van der Waals surface area contributed by atoms with Crippen LogP contribution in [0.25, 0.3) is 92.6 Å². The minimum Gasteiger partial charge on any atom is -0.309 e. The Balaban J connectivity index is 1.40. The van der Waals surface area contributed by atoms with Gasteiger partial charge in [-0.3, -0.25) is 0 Å². The van der Waals surface area contributed by atoms with Crippen molar-refractivity contribution in [2.75, 3.05) is 0 Å². The maximum Gasteiger partial charge on any atom is 0.164 e. The first-order chi connectivity index (χ1) is 23.8. The molecule has 0 amide bonds. The Kier molecular flexibility index (Phi) is 6.01. The number of benzene rings is 7. The molecule has 0 radical (unpaired) electrons. The van der Waals surface area contributed by atoms with E-state index in [1.54, 1.807) is 0 Å². The molecule has 10 aromatic rings. The molecule has 7 aromatic carbocycles. The van der Waals surface area contributed by atoms with Crippen molar-refractivity contribution < 1.29 is 0 Å². The van der Waals surface area contributed by atoms with E-state index in [0.29, 0.717) is 17.5 Å². The first-order valence-corrected chi connectivity index (χ1v) is 16.9. The molecule has 0 fully saturated rings. The van der Waals surface area contributed by atoms with Crippen LogP contribution in [0.5, 0.6) is 0 Å². The number of aromatic nitrogens is 4. The van der Waals surface area contributed by atoms with Crippen LogP contribution in [0.1, 0.15) is 0 Å². The Bertz CT molecular complexity index is 2760. The third kappa shape index (κ3) is 4.11. The average Bonchev–Trinajstić information content (AvgIpc) is 3.71. The lowest BCUT2D eigenvalue weighted by molar-refractivity contribution is 1.08. The second-order valence-electron chi connectivity index (χ2n) is 12.0. The third-order valence-electron chi connectivity index (χ3n) is 9.23. The van der Waals surface area contributed by atoms with E-state index in [1.165, 1.54) is 41.8 Å². The Morgan fingerprint density at radius 1 is 0.417 bits per heavy atom. The second-order valence-corrected chi connectivity index (χ2v) is 13.1. The van der Waals surface area contributed by atoms with Crippen LogP contribution < -0.4 is 0 Å². The number of rotatable bonds is 4. The van der Waals surface area contributed by atoms with Crippen LogP contribution in [0.15, 0.2) is 158 Å². The topological polar surface area (TPSA) is 43.6 Å². The molecule has 0 saturated carbocycles. The summed E-state index contributed by atoms with van der Waals surface area (Å²) in [5, 5.41) is 7.37. The molecule has 4 nitrogen and oxygen atoms in total. The van der Waals surface area contributed by atoms with Gasteiger partial charge in [0, 0.05) is 58.7 Å². The molecule has 0 aliphatic heterocycles. The van der Waals surface area contributed by atoms with Gasteiger partial charge in [0.25, 0.3) is 0 Å². The lowest BCUT2D eigenvalue weighted by atomic mass is 9.96. The number of hydrogen-bond acceptors (Lipinski definition) is 4. The maximum absolute atomic E-state index is 5.21. The van der Waals surface area contributed by atoms with Crippen LogP contribution in [0, 0.1) is 0 Å². The second kappa shape index (κ2) is 10.7. The highest BCUT2D eigenvalue weighted by Gasteiger charge is 2.23. The standard InChI is InChI=1S/C43H26N4S/c1-4-14-27(15-5-1)41-44-42(28-16-6-2-7-17-28)46-43(45-41)34-26-36-38(33-21-10-12-22-35(33)47(36)29-18-8-3-9-19-29)39-31(34)24-25-32-30-20-11-13-23-37(30)48-40(32)39/h1-26H. The number of hydrogen-bond donors (Lipinski definition) is 0. The quantitative estimate of drug-likeness (QED) is 0.194. The summed E-state index contributed by atoms with van der Waals surface area (Å²) in [5.74, 6) is 1.96. The molecule has 0 unspecified atom stereocenters.